The van der Waals surface area contributed by atoms with E-state index in [0.717, 1.165) is 5.69 Å². The molecule has 0 fully saturated rings. The highest BCUT2D eigenvalue weighted by Crippen LogP contribution is 2.02. The van der Waals surface area contributed by atoms with Gasteiger partial charge < -0.3 is 11.1 Å². The molecule has 0 spiro atoms. The minimum Gasteiger partial charge on any atom is -0.353 e. The van der Waals surface area contributed by atoms with Crippen molar-refractivity contribution in [1.82, 2.24) is 14.9 Å². The number of rotatable bonds is 6. The molecule has 1 rings (SSSR count). The van der Waals surface area contributed by atoms with Crippen LogP contribution in [-0.4, -0.2) is 28.0 Å². The Hall–Kier alpha value is -1.69. The monoisotopic (exact) mass is 280 g/mol. The van der Waals surface area contributed by atoms with Gasteiger partial charge in [-0.05, 0) is 32.3 Å². The number of nitrogens with two attached hydrogens (primary N) is 1. The first kappa shape index (κ1) is 16.4. The van der Waals surface area contributed by atoms with Crippen LogP contribution in [0.2, 0.25) is 0 Å². The summed E-state index contributed by atoms with van der Waals surface area (Å²) in [4.78, 5) is 27.4. The van der Waals surface area contributed by atoms with Crippen molar-refractivity contribution in [2.75, 3.05) is 6.54 Å². The molecule has 0 aromatic carbocycles. The fourth-order valence-corrected chi connectivity index (χ4v) is 2.08. The number of aromatic nitrogens is 2. The van der Waals surface area contributed by atoms with Crippen molar-refractivity contribution in [3.05, 3.63) is 27.9 Å². The Balaban J connectivity index is 2.53. The summed E-state index contributed by atoms with van der Waals surface area (Å²) in [6, 6.07) is 1.34. The third-order valence-corrected chi connectivity index (χ3v) is 3.04. The van der Waals surface area contributed by atoms with E-state index in [9.17, 15) is 9.59 Å². The van der Waals surface area contributed by atoms with Gasteiger partial charge in [-0.2, -0.15) is 4.98 Å². The zero-order valence-electron chi connectivity index (χ0n) is 12.6. The first-order valence-electron chi connectivity index (χ1n) is 6.89. The van der Waals surface area contributed by atoms with Gasteiger partial charge in [-0.25, -0.2) is 4.79 Å². The van der Waals surface area contributed by atoms with E-state index in [0.29, 0.717) is 31.1 Å². The van der Waals surface area contributed by atoms with Crippen LogP contribution in [0.25, 0.3) is 0 Å². The maximum absolute atomic E-state index is 11.8. The van der Waals surface area contributed by atoms with Crippen molar-refractivity contribution in [3.63, 3.8) is 0 Å². The second kappa shape index (κ2) is 7.19. The molecule has 1 amide bonds. The number of hydrogen-bond acceptors (Lipinski definition) is 4. The number of nitrogens with zero attached hydrogens (tertiary/aromatic N) is 2. The maximum Gasteiger partial charge on any atom is 0.348 e. The molecule has 0 saturated carbocycles. The molecule has 0 aliphatic rings. The quantitative estimate of drug-likeness (QED) is 0.786. The molecule has 3 N–H and O–H groups in total. The average Bonchev–Trinajstić information content (AvgIpc) is 2.31. The Kier molecular flexibility index (Phi) is 5.88. The highest BCUT2D eigenvalue weighted by Gasteiger charge is 2.14. The van der Waals surface area contributed by atoms with Crippen molar-refractivity contribution >= 4 is 5.91 Å². The van der Waals surface area contributed by atoms with Crippen LogP contribution in [0.4, 0.5) is 0 Å². The molecule has 112 valence electrons. The smallest absolute Gasteiger partial charge is 0.348 e. The van der Waals surface area contributed by atoms with Crippen LogP contribution >= 0.6 is 0 Å². The van der Waals surface area contributed by atoms with E-state index in [1.165, 1.54) is 0 Å². The summed E-state index contributed by atoms with van der Waals surface area (Å²) in [7, 11) is 0. The van der Waals surface area contributed by atoms with Crippen LogP contribution in [0.15, 0.2) is 10.9 Å². The van der Waals surface area contributed by atoms with Crippen LogP contribution in [0.1, 0.15) is 31.7 Å². The lowest BCUT2D eigenvalue weighted by molar-refractivity contribution is -0.122. The van der Waals surface area contributed by atoms with Crippen molar-refractivity contribution in [1.29, 1.82) is 0 Å². The predicted octanol–water partition coefficient (Wildman–Crippen LogP) is 0.350. The molecule has 1 aromatic heterocycles. The SMILES string of the molecule is Cc1cc(C)n(CCNC(=O)[C@H](N)CC(C)C)c(=O)n1. The van der Waals surface area contributed by atoms with Gasteiger partial charge in [0.05, 0.1) is 6.04 Å². The number of nitrogens with one attached hydrogen (secondary N) is 1. The first-order chi connectivity index (χ1) is 9.31. The van der Waals surface area contributed by atoms with Gasteiger partial charge in [0, 0.05) is 24.5 Å². The lowest BCUT2D eigenvalue weighted by Crippen LogP contribution is -2.43. The van der Waals surface area contributed by atoms with E-state index < -0.39 is 6.04 Å². The van der Waals surface area contributed by atoms with E-state index in [1.54, 1.807) is 11.5 Å². The summed E-state index contributed by atoms with van der Waals surface area (Å²) < 4.78 is 1.54. The normalized spacial score (nSPS) is 12.5. The largest absolute Gasteiger partial charge is 0.353 e. The van der Waals surface area contributed by atoms with E-state index in [4.69, 9.17) is 5.73 Å². The van der Waals surface area contributed by atoms with Crippen LogP contribution in [0.5, 0.6) is 0 Å². The molecule has 20 heavy (non-hydrogen) atoms. The van der Waals surface area contributed by atoms with Crippen LogP contribution < -0.4 is 16.7 Å². The van der Waals surface area contributed by atoms with E-state index >= 15 is 0 Å². The topological polar surface area (TPSA) is 90.0 Å². The number of amides is 1. The van der Waals surface area contributed by atoms with E-state index in [1.807, 2.05) is 26.8 Å². The zero-order chi connectivity index (χ0) is 15.3. The Morgan fingerprint density at radius 1 is 1.45 bits per heavy atom. The van der Waals surface area contributed by atoms with Gasteiger partial charge in [0.25, 0.3) is 0 Å². The second-order valence-electron chi connectivity index (χ2n) is 5.50. The van der Waals surface area contributed by atoms with Gasteiger partial charge in [0.1, 0.15) is 0 Å². The van der Waals surface area contributed by atoms with Gasteiger partial charge in [0.2, 0.25) is 5.91 Å². The highest BCUT2D eigenvalue weighted by molar-refractivity contribution is 5.81. The summed E-state index contributed by atoms with van der Waals surface area (Å²) in [6.07, 6.45) is 0.650. The summed E-state index contributed by atoms with van der Waals surface area (Å²) in [5, 5.41) is 2.75. The number of carbonyl (C=O) groups excluding carboxylic acids is 1. The Morgan fingerprint density at radius 2 is 2.10 bits per heavy atom. The highest BCUT2D eigenvalue weighted by atomic mass is 16.2. The standard InChI is InChI=1S/C14H24N4O2/c1-9(2)7-12(15)13(19)16-5-6-18-11(4)8-10(3)17-14(18)20/h8-9,12H,5-7,15H2,1-4H3,(H,16,19)/t12-/m1/s1. The molecular weight excluding hydrogens is 256 g/mol. The lowest BCUT2D eigenvalue weighted by Gasteiger charge is -2.15. The van der Waals surface area contributed by atoms with Crippen molar-refractivity contribution in [2.24, 2.45) is 11.7 Å². The fourth-order valence-electron chi connectivity index (χ4n) is 2.08. The molecule has 0 saturated heterocycles. The van der Waals surface area contributed by atoms with Crippen LogP contribution in [-0.2, 0) is 11.3 Å². The summed E-state index contributed by atoms with van der Waals surface area (Å²) in [5.41, 5.74) is 7.03. The van der Waals surface area contributed by atoms with Gasteiger partial charge in [0.15, 0.2) is 0 Å². The Labute approximate surface area is 119 Å². The zero-order valence-corrected chi connectivity index (χ0v) is 12.6. The number of hydrogen-bond donors (Lipinski definition) is 2. The summed E-state index contributed by atoms with van der Waals surface area (Å²) in [5.74, 6) is 0.200. The van der Waals surface area contributed by atoms with Gasteiger partial charge in [-0.15, -0.1) is 0 Å². The molecule has 0 unspecified atom stereocenters. The molecule has 0 bridgehead atoms. The number of aryl methyl sites for hydroxylation is 2. The van der Waals surface area contributed by atoms with E-state index in [-0.39, 0.29) is 11.6 Å². The molecule has 0 aliphatic heterocycles. The summed E-state index contributed by atoms with van der Waals surface area (Å²) >= 11 is 0. The molecule has 6 nitrogen and oxygen atoms in total. The number of carbonyl (C=O) groups is 1. The summed E-state index contributed by atoms with van der Waals surface area (Å²) in [6.45, 7) is 8.45. The molecule has 0 radical (unpaired) electrons. The Bertz CT molecular complexity index is 522. The minimum atomic E-state index is -0.496. The minimum absolute atomic E-state index is 0.176. The second-order valence-corrected chi connectivity index (χ2v) is 5.50. The molecule has 1 aromatic rings. The van der Waals surface area contributed by atoms with Crippen LogP contribution in [0.3, 0.4) is 0 Å². The Morgan fingerprint density at radius 3 is 2.65 bits per heavy atom. The van der Waals surface area contributed by atoms with Crippen molar-refractivity contribution in [3.8, 4) is 0 Å². The third-order valence-electron chi connectivity index (χ3n) is 3.04. The molecule has 1 heterocycles. The molecule has 1 atom stereocenters. The molecule has 0 aliphatic carbocycles. The van der Waals surface area contributed by atoms with Crippen molar-refractivity contribution in [2.45, 2.75) is 46.7 Å². The van der Waals surface area contributed by atoms with Gasteiger partial charge >= 0.3 is 5.69 Å². The molecule has 6 heteroatoms. The first-order valence-corrected chi connectivity index (χ1v) is 6.89. The fraction of sp³-hybridized carbons (Fsp3) is 0.643. The van der Waals surface area contributed by atoms with Gasteiger partial charge in [-0.1, -0.05) is 13.8 Å². The lowest BCUT2D eigenvalue weighted by atomic mass is 10.0. The van der Waals surface area contributed by atoms with E-state index in [2.05, 4.69) is 10.3 Å². The van der Waals surface area contributed by atoms with Crippen LogP contribution in [0, 0.1) is 19.8 Å². The molecular formula is C14H24N4O2. The predicted molar refractivity (Wildman–Crippen MR) is 78.4 cm³/mol. The third kappa shape index (κ3) is 4.77. The van der Waals surface area contributed by atoms with Gasteiger partial charge in [-0.3, -0.25) is 9.36 Å². The van der Waals surface area contributed by atoms with Crippen molar-refractivity contribution < 1.29 is 4.79 Å². The maximum atomic E-state index is 11.8. The average molecular weight is 280 g/mol.